The van der Waals surface area contributed by atoms with Gasteiger partial charge < -0.3 is 14.8 Å². The minimum Gasteiger partial charge on any atom is -0.341 e. The third-order valence-corrected chi connectivity index (χ3v) is 3.16. The predicted octanol–water partition coefficient (Wildman–Crippen LogP) is 0.781. The van der Waals surface area contributed by atoms with E-state index < -0.39 is 0 Å². The molecular formula is C11H20N4. The van der Waals surface area contributed by atoms with Crippen LogP contribution in [0.4, 0.5) is 5.95 Å². The first-order valence-electron chi connectivity index (χ1n) is 5.68. The lowest BCUT2D eigenvalue weighted by Gasteiger charge is -2.24. The minimum atomic E-state index is 0.593. The van der Waals surface area contributed by atoms with Gasteiger partial charge in [0.25, 0.3) is 0 Å². The normalized spacial score (nSPS) is 20.9. The number of nitrogens with one attached hydrogen (secondary N) is 1. The second-order valence-electron chi connectivity index (χ2n) is 4.25. The van der Waals surface area contributed by atoms with Crippen molar-refractivity contribution in [1.82, 2.24) is 14.9 Å². The Labute approximate surface area is 91.3 Å². The number of aromatic nitrogens is 2. The highest BCUT2D eigenvalue weighted by molar-refractivity contribution is 5.34. The van der Waals surface area contributed by atoms with Gasteiger partial charge in [-0.25, -0.2) is 4.98 Å². The average molecular weight is 208 g/mol. The summed E-state index contributed by atoms with van der Waals surface area (Å²) >= 11 is 0. The molecule has 4 nitrogen and oxygen atoms in total. The Hall–Kier alpha value is -1.03. The van der Waals surface area contributed by atoms with Crippen molar-refractivity contribution in [3.63, 3.8) is 0 Å². The largest absolute Gasteiger partial charge is 0.341 e. The molecule has 1 atom stereocenters. The maximum atomic E-state index is 4.63. The van der Waals surface area contributed by atoms with Crippen LogP contribution in [-0.2, 0) is 13.5 Å². The van der Waals surface area contributed by atoms with Crippen molar-refractivity contribution < 1.29 is 0 Å². The molecule has 0 radical (unpaired) electrons. The fourth-order valence-corrected chi connectivity index (χ4v) is 2.15. The van der Waals surface area contributed by atoms with Crippen molar-refractivity contribution in [2.45, 2.75) is 25.8 Å². The summed E-state index contributed by atoms with van der Waals surface area (Å²) in [5.74, 6) is 1.08. The van der Waals surface area contributed by atoms with Crippen molar-refractivity contribution in [3.05, 3.63) is 11.9 Å². The number of hydrogen-bond donors (Lipinski definition) is 1. The second kappa shape index (κ2) is 4.23. The molecule has 1 aromatic heterocycles. The average Bonchev–Trinajstić information content (AvgIpc) is 2.85. The number of nitrogens with zero attached hydrogens (tertiary/aromatic N) is 3. The zero-order chi connectivity index (χ0) is 10.8. The zero-order valence-electron chi connectivity index (χ0n) is 9.82. The highest BCUT2D eigenvalue weighted by Gasteiger charge is 2.22. The van der Waals surface area contributed by atoms with Crippen LogP contribution in [0.1, 0.15) is 19.0 Å². The zero-order valence-corrected chi connectivity index (χ0v) is 9.82. The molecule has 4 heteroatoms. The third kappa shape index (κ3) is 2.00. The van der Waals surface area contributed by atoms with Gasteiger partial charge in [-0.05, 0) is 19.4 Å². The highest BCUT2D eigenvalue weighted by Crippen LogP contribution is 2.17. The number of likely N-dealkylation sites (N-methyl/N-ethyl adjacent to an activating group) is 1. The van der Waals surface area contributed by atoms with Gasteiger partial charge in [-0.3, -0.25) is 0 Å². The van der Waals surface area contributed by atoms with Gasteiger partial charge in [-0.2, -0.15) is 0 Å². The van der Waals surface area contributed by atoms with E-state index in [1.807, 2.05) is 0 Å². The van der Waals surface area contributed by atoms with E-state index in [0.717, 1.165) is 25.5 Å². The van der Waals surface area contributed by atoms with E-state index in [9.17, 15) is 0 Å². The van der Waals surface area contributed by atoms with E-state index in [0.29, 0.717) is 6.04 Å². The number of rotatable bonds is 3. The predicted molar refractivity (Wildman–Crippen MR) is 62.3 cm³/mol. The van der Waals surface area contributed by atoms with E-state index in [4.69, 9.17) is 0 Å². The molecule has 0 aliphatic carbocycles. The van der Waals surface area contributed by atoms with Crippen molar-refractivity contribution in [2.75, 3.05) is 25.0 Å². The molecule has 1 saturated heterocycles. The molecule has 1 aliphatic heterocycles. The monoisotopic (exact) mass is 208 g/mol. The van der Waals surface area contributed by atoms with Crippen LogP contribution >= 0.6 is 0 Å². The van der Waals surface area contributed by atoms with E-state index >= 15 is 0 Å². The van der Waals surface area contributed by atoms with E-state index in [1.165, 1.54) is 12.1 Å². The third-order valence-electron chi connectivity index (χ3n) is 3.16. The van der Waals surface area contributed by atoms with Crippen molar-refractivity contribution in [1.29, 1.82) is 0 Å². The van der Waals surface area contributed by atoms with Crippen molar-refractivity contribution >= 4 is 5.95 Å². The first kappa shape index (κ1) is 10.5. The lowest BCUT2D eigenvalue weighted by molar-refractivity contribution is 0.655. The number of hydrogen-bond acceptors (Lipinski definition) is 3. The van der Waals surface area contributed by atoms with Gasteiger partial charge in [0.15, 0.2) is 0 Å². The Morgan fingerprint density at radius 2 is 2.47 bits per heavy atom. The van der Waals surface area contributed by atoms with Gasteiger partial charge in [0.2, 0.25) is 5.95 Å². The van der Waals surface area contributed by atoms with Crippen molar-refractivity contribution in [2.24, 2.45) is 7.05 Å². The van der Waals surface area contributed by atoms with Crippen LogP contribution in [-0.4, -0.2) is 35.7 Å². The van der Waals surface area contributed by atoms with Crippen LogP contribution < -0.4 is 10.2 Å². The van der Waals surface area contributed by atoms with Gasteiger partial charge in [0.05, 0.1) is 5.69 Å². The fraction of sp³-hybridized carbons (Fsp3) is 0.727. The molecule has 1 unspecified atom stereocenters. The maximum absolute atomic E-state index is 4.63. The number of anilines is 1. The highest BCUT2D eigenvalue weighted by atomic mass is 15.3. The van der Waals surface area contributed by atoms with Crippen LogP contribution in [0.15, 0.2) is 6.20 Å². The molecule has 0 amide bonds. The Balaban J connectivity index is 2.16. The first-order valence-corrected chi connectivity index (χ1v) is 5.68. The Morgan fingerprint density at radius 3 is 3.00 bits per heavy atom. The molecular weight excluding hydrogens is 188 g/mol. The summed E-state index contributed by atoms with van der Waals surface area (Å²) in [4.78, 5) is 6.92. The quantitative estimate of drug-likeness (QED) is 0.797. The van der Waals surface area contributed by atoms with Crippen LogP contribution in [0.5, 0.6) is 0 Å². The first-order chi connectivity index (χ1) is 7.22. The summed E-state index contributed by atoms with van der Waals surface area (Å²) < 4.78 is 2.12. The summed E-state index contributed by atoms with van der Waals surface area (Å²) in [5, 5.41) is 3.38. The molecule has 1 N–H and O–H groups in total. The molecule has 0 bridgehead atoms. The van der Waals surface area contributed by atoms with Crippen LogP contribution in [0, 0.1) is 0 Å². The standard InChI is InChI=1S/C11H20N4/c1-4-9-8-14(2)11(13-9)15(3)10-5-6-12-7-10/h8,10,12H,4-7H2,1-3H3. The minimum absolute atomic E-state index is 0.593. The van der Waals surface area contributed by atoms with Gasteiger partial charge >= 0.3 is 0 Å². The van der Waals surface area contributed by atoms with E-state index in [2.05, 4.69) is 47.0 Å². The molecule has 2 heterocycles. The molecule has 0 spiro atoms. The SMILES string of the molecule is CCc1cn(C)c(N(C)C2CCNC2)n1. The summed E-state index contributed by atoms with van der Waals surface area (Å²) in [6.07, 6.45) is 4.34. The van der Waals surface area contributed by atoms with E-state index in [1.54, 1.807) is 0 Å². The van der Waals surface area contributed by atoms with E-state index in [-0.39, 0.29) is 0 Å². The Bertz CT molecular complexity index is 325. The summed E-state index contributed by atoms with van der Waals surface area (Å²) in [5.41, 5.74) is 1.17. The second-order valence-corrected chi connectivity index (χ2v) is 4.25. The fourth-order valence-electron chi connectivity index (χ4n) is 2.15. The number of aryl methyl sites for hydroxylation is 2. The molecule has 1 fully saturated rings. The summed E-state index contributed by atoms with van der Waals surface area (Å²) in [7, 11) is 4.21. The summed E-state index contributed by atoms with van der Waals surface area (Å²) in [6, 6.07) is 0.593. The molecule has 1 aliphatic rings. The van der Waals surface area contributed by atoms with Gasteiger partial charge in [0.1, 0.15) is 0 Å². The smallest absolute Gasteiger partial charge is 0.205 e. The van der Waals surface area contributed by atoms with Crippen LogP contribution in [0.2, 0.25) is 0 Å². The lowest BCUT2D eigenvalue weighted by Crippen LogP contribution is -2.35. The topological polar surface area (TPSA) is 33.1 Å². The number of imidazole rings is 1. The van der Waals surface area contributed by atoms with Crippen LogP contribution in [0.25, 0.3) is 0 Å². The van der Waals surface area contributed by atoms with Crippen LogP contribution in [0.3, 0.4) is 0 Å². The van der Waals surface area contributed by atoms with Gasteiger partial charge in [-0.15, -0.1) is 0 Å². The maximum Gasteiger partial charge on any atom is 0.205 e. The van der Waals surface area contributed by atoms with Crippen molar-refractivity contribution in [3.8, 4) is 0 Å². The Kier molecular flexibility index (Phi) is 2.95. The lowest BCUT2D eigenvalue weighted by atomic mass is 10.2. The molecule has 0 aromatic carbocycles. The molecule has 2 rings (SSSR count). The van der Waals surface area contributed by atoms with Gasteiger partial charge in [-0.1, -0.05) is 6.92 Å². The molecule has 15 heavy (non-hydrogen) atoms. The molecule has 1 aromatic rings. The van der Waals surface area contributed by atoms with Gasteiger partial charge in [0, 0.05) is 32.9 Å². The Morgan fingerprint density at radius 1 is 1.67 bits per heavy atom. The molecule has 0 saturated carbocycles. The molecule has 84 valence electrons. The summed E-state index contributed by atoms with van der Waals surface area (Å²) in [6.45, 7) is 4.34.